The summed E-state index contributed by atoms with van der Waals surface area (Å²) in [5.74, 6) is 2.37. The van der Waals surface area contributed by atoms with Gasteiger partial charge in [-0.2, -0.15) is 10.5 Å². The van der Waals surface area contributed by atoms with E-state index in [-0.39, 0.29) is 17.9 Å². The minimum Gasteiger partial charge on any atom is -0.258 e. The number of rotatable bonds is 5. The first-order valence-electron chi connectivity index (χ1n) is 5.32. The molecule has 0 fully saturated rings. The van der Waals surface area contributed by atoms with Gasteiger partial charge in [0.25, 0.3) is 0 Å². The third kappa shape index (κ3) is 3.02. The largest absolute Gasteiger partial charge is 0.305 e. The Hall–Kier alpha value is -2.98. The Labute approximate surface area is 109 Å². The minimum atomic E-state index is -1.52. The second-order valence-corrected chi connectivity index (χ2v) is 3.71. The summed E-state index contributed by atoms with van der Waals surface area (Å²) < 4.78 is 0. The van der Waals surface area contributed by atoms with Crippen LogP contribution in [0.2, 0.25) is 0 Å². The minimum absolute atomic E-state index is 0.0416. The van der Waals surface area contributed by atoms with Crippen LogP contribution in [0.15, 0.2) is 12.4 Å². The number of terminal acetylenes is 1. The lowest BCUT2D eigenvalue weighted by Gasteiger charge is -2.15. The quantitative estimate of drug-likeness (QED) is 0.340. The highest BCUT2D eigenvalue weighted by Crippen LogP contribution is 2.26. The lowest BCUT2D eigenvalue weighted by molar-refractivity contribution is -0.385. The van der Waals surface area contributed by atoms with Gasteiger partial charge in [-0.3, -0.25) is 10.1 Å². The monoisotopic (exact) mass is 255 g/mol. The average molecular weight is 255 g/mol. The maximum atomic E-state index is 10.5. The van der Waals surface area contributed by atoms with E-state index in [0.29, 0.717) is 12.8 Å². The molecule has 0 aliphatic carbocycles. The zero-order valence-electron chi connectivity index (χ0n) is 9.91. The van der Waals surface area contributed by atoms with Crippen LogP contribution in [0.3, 0.4) is 0 Å². The third-order valence-corrected chi connectivity index (χ3v) is 2.49. The topological polar surface area (TPSA) is 116 Å². The van der Waals surface area contributed by atoms with E-state index >= 15 is 0 Å². The molecule has 0 unspecified atom stereocenters. The molecule has 0 radical (unpaired) electrons. The first-order valence-corrected chi connectivity index (χ1v) is 5.32. The van der Waals surface area contributed by atoms with Crippen LogP contribution in [0.4, 0.5) is 5.69 Å². The van der Waals surface area contributed by atoms with Gasteiger partial charge in [-0.15, -0.1) is 12.3 Å². The van der Waals surface area contributed by atoms with Crippen molar-refractivity contribution in [3.63, 3.8) is 0 Å². The highest BCUT2D eigenvalue weighted by molar-refractivity contribution is 5.33. The van der Waals surface area contributed by atoms with E-state index < -0.39 is 10.3 Å². The van der Waals surface area contributed by atoms with Crippen molar-refractivity contribution in [3.8, 4) is 24.5 Å². The maximum Gasteiger partial charge on any atom is 0.305 e. The van der Waals surface area contributed by atoms with Gasteiger partial charge >= 0.3 is 5.69 Å². The van der Waals surface area contributed by atoms with Crippen LogP contribution in [0.5, 0.6) is 0 Å². The summed E-state index contributed by atoms with van der Waals surface area (Å²) in [7, 11) is 0. The first-order chi connectivity index (χ1) is 9.09. The molecule has 0 saturated heterocycles. The average Bonchev–Trinajstić information content (AvgIpc) is 2.44. The fourth-order valence-electron chi connectivity index (χ4n) is 1.44. The Kier molecular flexibility index (Phi) is 4.51. The molecule has 7 nitrogen and oxygen atoms in total. The van der Waals surface area contributed by atoms with Crippen molar-refractivity contribution in [2.24, 2.45) is 0 Å². The Balaban J connectivity index is 3.07. The number of unbranched alkanes of at least 4 members (excludes halogenated alkanes) is 1. The Morgan fingerprint density at radius 2 is 1.95 bits per heavy atom. The lowest BCUT2D eigenvalue weighted by Crippen LogP contribution is -2.25. The van der Waals surface area contributed by atoms with Crippen LogP contribution >= 0.6 is 0 Å². The van der Waals surface area contributed by atoms with E-state index in [0.717, 1.165) is 12.4 Å². The standard InChI is InChI=1S/C12H9N5O2/c1-2-3-4-5-12(8-13,9-14)11-15-6-10(7-16-11)17(18)19/h1,6-7H,3-5H2. The number of nitro groups is 1. The van der Waals surface area contributed by atoms with E-state index in [1.165, 1.54) is 0 Å². The molecule has 0 aliphatic heterocycles. The van der Waals surface area contributed by atoms with Gasteiger partial charge in [-0.1, -0.05) is 0 Å². The molecule has 1 rings (SSSR count). The molecule has 0 bridgehead atoms. The number of nitrogens with zero attached hydrogens (tertiary/aromatic N) is 5. The first kappa shape index (κ1) is 14.1. The van der Waals surface area contributed by atoms with E-state index in [2.05, 4.69) is 15.9 Å². The predicted octanol–water partition coefficient (Wildman–Crippen LogP) is 1.47. The molecule has 0 amide bonds. The molecular formula is C12H9N5O2. The lowest BCUT2D eigenvalue weighted by atomic mass is 9.85. The molecule has 1 heterocycles. The molecule has 0 spiro atoms. The van der Waals surface area contributed by atoms with E-state index in [1.807, 2.05) is 12.1 Å². The van der Waals surface area contributed by atoms with Crippen LogP contribution in [0, 0.1) is 45.1 Å². The second kappa shape index (κ2) is 6.09. The Morgan fingerprint density at radius 3 is 2.37 bits per heavy atom. The molecule has 7 heteroatoms. The van der Waals surface area contributed by atoms with E-state index in [9.17, 15) is 10.1 Å². The van der Waals surface area contributed by atoms with E-state index in [1.54, 1.807) is 0 Å². The number of nitriles is 2. The summed E-state index contributed by atoms with van der Waals surface area (Å²) in [6.07, 6.45) is 8.15. The summed E-state index contributed by atoms with van der Waals surface area (Å²) in [6.45, 7) is 0. The molecule has 0 N–H and O–H groups in total. The van der Waals surface area contributed by atoms with Gasteiger partial charge < -0.3 is 0 Å². The number of hydrogen-bond donors (Lipinski definition) is 0. The molecule has 1 aromatic heterocycles. The van der Waals surface area contributed by atoms with Crippen LogP contribution in [0.1, 0.15) is 25.1 Å². The van der Waals surface area contributed by atoms with Gasteiger partial charge in [0.05, 0.1) is 17.1 Å². The fraction of sp³-hybridized carbons (Fsp3) is 0.333. The van der Waals surface area contributed by atoms with Gasteiger partial charge in [0.1, 0.15) is 12.4 Å². The van der Waals surface area contributed by atoms with Crippen LogP contribution in [-0.4, -0.2) is 14.9 Å². The van der Waals surface area contributed by atoms with Crippen LogP contribution < -0.4 is 0 Å². The number of hydrogen-bond acceptors (Lipinski definition) is 6. The maximum absolute atomic E-state index is 10.5. The smallest absolute Gasteiger partial charge is 0.258 e. The van der Waals surface area contributed by atoms with Gasteiger partial charge in [-0.25, -0.2) is 9.97 Å². The van der Waals surface area contributed by atoms with Crippen LogP contribution in [-0.2, 0) is 5.41 Å². The van der Waals surface area contributed by atoms with Crippen molar-refractivity contribution in [1.29, 1.82) is 10.5 Å². The summed E-state index contributed by atoms with van der Waals surface area (Å²) >= 11 is 0. The van der Waals surface area contributed by atoms with Gasteiger partial charge in [-0.05, 0) is 12.8 Å². The highest BCUT2D eigenvalue weighted by Gasteiger charge is 2.35. The zero-order chi connectivity index (χ0) is 14.3. The molecule has 0 aromatic carbocycles. The Morgan fingerprint density at radius 1 is 1.37 bits per heavy atom. The SMILES string of the molecule is C#CCCCC(C#N)(C#N)c1ncc([N+](=O)[O-])cn1. The van der Waals surface area contributed by atoms with E-state index in [4.69, 9.17) is 16.9 Å². The van der Waals surface area contributed by atoms with Crippen molar-refractivity contribution >= 4 is 5.69 Å². The fourth-order valence-corrected chi connectivity index (χ4v) is 1.44. The summed E-state index contributed by atoms with van der Waals surface area (Å²) in [5.41, 5.74) is -1.82. The summed E-state index contributed by atoms with van der Waals surface area (Å²) in [4.78, 5) is 17.3. The van der Waals surface area contributed by atoms with Crippen molar-refractivity contribution in [2.45, 2.75) is 24.7 Å². The summed E-state index contributed by atoms with van der Waals surface area (Å²) in [6, 6.07) is 3.73. The van der Waals surface area contributed by atoms with Gasteiger partial charge in [0.15, 0.2) is 5.82 Å². The number of aromatic nitrogens is 2. The molecular weight excluding hydrogens is 246 g/mol. The zero-order valence-corrected chi connectivity index (χ0v) is 9.91. The Bertz CT molecular complexity index is 575. The van der Waals surface area contributed by atoms with Crippen LogP contribution in [0.25, 0.3) is 0 Å². The third-order valence-electron chi connectivity index (χ3n) is 2.49. The highest BCUT2D eigenvalue weighted by atomic mass is 16.6. The van der Waals surface area contributed by atoms with Crippen molar-refractivity contribution < 1.29 is 4.92 Å². The molecule has 1 aromatic rings. The molecule has 0 aliphatic rings. The molecule has 94 valence electrons. The molecule has 0 atom stereocenters. The normalized spacial score (nSPS) is 9.95. The molecule has 19 heavy (non-hydrogen) atoms. The second-order valence-electron chi connectivity index (χ2n) is 3.71. The van der Waals surface area contributed by atoms with Gasteiger partial charge in [0, 0.05) is 6.42 Å². The van der Waals surface area contributed by atoms with Crippen molar-refractivity contribution in [3.05, 3.63) is 28.3 Å². The molecule has 0 saturated carbocycles. The van der Waals surface area contributed by atoms with Crippen molar-refractivity contribution in [1.82, 2.24) is 9.97 Å². The summed E-state index contributed by atoms with van der Waals surface area (Å²) in [5, 5.41) is 28.8. The van der Waals surface area contributed by atoms with Gasteiger partial charge in [0.2, 0.25) is 5.41 Å². The predicted molar refractivity (Wildman–Crippen MR) is 64.3 cm³/mol. The van der Waals surface area contributed by atoms with Crippen molar-refractivity contribution in [2.75, 3.05) is 0 Å².